The van der Waals surface area contributed by atoms with Crippen molar-refractivity contribution < 1.29 is 13.9 Å². The summed E-state index contributed by atoms with van der Waals surface area (Å²) in [4.78, 5) is 22.9. The summed E-state index contributed by atoms with van der Waals surface area (Å²) in [6.45, 7) is 9.12. The lowest BCUT2D eigenvalue weighted by Gasteiger charge is -2.42. The molecule has 10 nitrogen and oxygen atoms in total. The van der Waals surface area contributed by atoms with Crippen molar-refractivity contribution in [2.75, 3.05) is 45.3 Å². The van der Waals surface area contributed by atoms with Crippen molar-refractivity contribution in [2.45, 2.75) is 51.5 Å². The quantitative estimate of drug-likeness (QED) is 0.396. The molecule has 3 fully saturated rings. The van der Waals surface area contributed by atoms with E-state index in [0.29, 0.717) is 48.3 Å². The Morgan fingerprint density at radius 2 is 1.87 bits per heavy atom. The lowest BCUT2D eigenvalue weighted by atomic mass is 10.1. The molecule has 2 bridgehead atoms. The number of benzene rings is 1. The van der Waals surface area contributed by atoms with Gasteiger partial charge in [-0.3, -0.25) is 14.8 Å². The molecule has 2 atom stereocenters. The maximum atomic E-state index is 12.6. The van der Waals surface area contributed by atoms with Gasteiger partial charge >= 0.3 is 6.01 Å². The fourth-order valence-corrected chi connectivity index (χ4v) is 5.91. The zero-order valence-corrected chi connectivity index (χ0v) is 22.5. The fraction of sp³-hybridized carbons (Fsp3) is 0.500. The second-order valence-electron chi connectivity index (χ2n) is 10.5. The Kier molecular flexibility index (Phi) is 7.28. The van der Waals surface area contributed by atoms with Crippen LogP contribution in [-0.4, -0.2) is 93.2 Å². The van der Waals surface area contributed by atoms with Crippen LogP contribution in [0.15, 0.2) is 35.5 Å². The molecular weight excluding hydrogens is 499 g/mol. The number of imidazole rings is 1. The van der Waals surface area contributed by atoms with Crippen LogP contribution in [0.2, 0.25) is 0 Å². The van der Waals surface area contributed by atoms with Crippen molar-refractivity contribution in [3.8, 4) is 6.01 Å². The number of anilines is 1. The van der Waals surface area contributed by atoms with Crippen molar-refractivity contribution in [1.82, 2.24) is 29.3 Å². The molecule has 3 aliphatic rings. The number of nitrogens with two attached hydrogens (primary N) is 1. The molecule has 5 heterocycles. The van der Waals surface area contributed by atoms with Gasteiger partial charge in [0.15, 0.2) is 17.0 Å². The summed E-state index contributed by atoms with van der Waals surface area (Å²) in [5.74, 6) is 0.899. The molecule has 0 amide bonds. The molecule has 3 saturated heterocycles. The average molecular weight is 535 g/mol. The van der Waals surface area contributed by atoms with E-state index in [9.17, 15) is 4.39 Å². The molecule has 0 radical (unpaired) electrons. The van der Waals surface area contributed by atoms with Gasteiger partial charge in [0.25, 0.3) is 0 Å². The minimum absolute atomic E-state index is 0.214. The van der Waals surface area contributed by atoms with Gasteiger partial charge in [-0.25, -0.2) is 9.37 Å². The van der Waals surface area contributed by atoms with Crippen LogP contribution in [0, 0.1) is 0 Å². The average Bonchev–Trinajstić information content (AvgIpc) is 3.58. The minimum Gasteiger partial charge on any atom is -0.464 e. The van der Waals surface area contributed by atoms with E-state index in [4.69, 9.17) is 20.2 Å². The fourth-order valence-electron chi connectivity index (χ4n) is 5.91. The first kappa shape index (κ1) is 25.8. The summed E-state index contributed by atoms with van der Waals surface area (Å²) < 4.78 is 25.5. The summed E-state index contributed by atoms with van der Waals surface area (Å²) in [6, 6.07) is 10.9. The van der Waals surface area contributed by atoms with Crippen LogP contribution < -0.4 is 10.5 Å². The Balaban J connectivity index is 1.22. The monoisotopic (exact) mass is 534 g/mol. The van der Waals surface area contributed by atoms with Crippen molar-refractivity contribution >= 4 is 28.8 Å². The van der Waals surface area contributed by atoms with Crippen LogP contribution in [0.3, 0.4) is 0 Å². The molecule has 0 saturated carbocycles. The van der Waals surface area contributed by atoms with E-state index in [1.807, 2.05) is 18.4 Å². The van der Waals surface area contributed by atoms with Gasteiger partial charge in [-0.2, -0.15) is 9.97 Å². The van der Waals surface area contributed by atoms with Gasteiger partial charge in [-0.15, -0.1) is 0 Å². The standard InChI is InChI=1S/C28H35FN8O2/c1-3-39-28-33-25(30)24-27(34-28)37(26(32-24)18(2)11-31-9-8-29)13-20-6-4-19(5-7-20)12-35-14-22-10-21(35)15-36(22)23-16-38-17-23/h4-7,9,11,21-23H,3,8,10,12-17H2,1-2H3,(H2,30,33,34)/b18-11+,31-9-. The number of aliphatic imine (C=N–C) groups is 1. The maximum absolute atomic E-state index is 12.6. The Bertz CT molecular complexity index is 1380. The summed E-state index contributed by atoms with van der Waals surface area (Å²) in [5.41, 5.74) is 10.5. The number of nitrogen functional groups attached to an aromatic ring is 1. The highest BCUT2D eigenvalue weighted by Gasteiger charge is 2.46. The van der Waals surface area contributed by atoms with Gasteiger partial charge in [-0.1, -0.05) is 24.3 Å². The predicted molar refractivity (Wildman–Crippen MR) is 148 cm³/mol. The summed E-state index contributed by atoms with van der Waals surface area (Å²) in [5, 5.41) is 0. The molecule has 11 heteroatoms. The van der Waals surface area contributed by atoms with Crippen LogP contribution >= 0.6 is 0 Å². The molecule has 3 aromatic rings. The van der Waals surface area contributed by atoms with E-state index in [1.54, 1.807) is 6.20 Å². The van der Waals surface area contributed by atoms with Gasteiger partial charge < -0.3 is 19.8 Å². The summed E-state index contributed by atoms with van der Waals surface area (Å²) in [6.07, 6.45) is 4.07. The molecule has 2 unspecified atom stereocenters. The molecule has 0 aliphatic carbocycles. The first-order valence-electron chi connectivity index (χ1n) is 13.6. The molecule has 2 aromatic heterocycles. The van der Waals surface area contributed by atoms with Gasteiger partial charge in [0.2, 0.25) is 0 Å². The minimum atomic E-state index is -0.630. The molecule has 2 N–H and O–H groups in total. The molecule has 6 rings (SSSR count). The molecule has 0 spiro atoms. The number of alkyl halides is 1. The highest BCUT2D eigenvalue weighted by molar-refractivity contribution is 5.85. The predicted octanol–water partition coefficient (Wildman–Crippen LogP) is 2.91. The first-order valence-corrected chi connectivity index (χ1v) is 13.6. The lowest BCUT2D eigenvalue weighted by molar-refractivity contribution is -0.0804. The van der Waals surface area contributed by atoms with E-state index in [1.165, 1.54) is 18.2 Å². The molecular formula is C28H35FN8O2. The number of aromatic nitrogens is 4. The van der Waals surface area contributed by atoms with Crippen LogP contribution in [0.5, 0.6) is 6.01 Å². The topological polar surface area (TPSA) is 107 Å². The van der Waals surface area contributed by atoms with E-state index in [0.717, 1.165) is 44.0 Å². The molecule has 1 aromatic carbocycles. The molecule has 39 heavy (non-hydrogen) atoms. The zero-order valence-electron chi connectivity index (χ0n) is 22.5. The van der Waals surface area contributed by atoms with Crippen LogP contribution in [0.4, 0.5) is 10.2 Å². The van der Waals surface area contributed by atoms with E-state index in [2.05, 4.69) is 49.0 Å². The highest BCUT2D eigenvalue weighted by Crippen LogP contribution is 2.35. The Labute approximate surface area is 227 Å². The van der Waals surface area contributed by atoms with E-state index < -0.39 is 6.67 Å². The number of likely N-dealkylation sites (tertiary alicyclic amines) is 2. The smallest absolute Gasteiger partial charge is 0.320 e. The summed E-state index contributed by atoms with van der Waals surface area (Å²) in [7, 11) is 0. The van der Waals surface area contributed by atoms with Crippen molar-refractivity contribution in [2.24, 2.45) is 4.99 Å². The number of piperazine rings is 1. The van der Waals surface area contributed by atoms with Crippen molar-refractivity contribution in [3.63, 3.8) is 0 Å². The van der Waals surface area contributed by atoms with Crippen molar-refractivity contribution in [3.05, 3.63) is 47.4 Å². The number of fused-ring (bicyclic) bond motifs is 3. The van der Waals surface area contributed by atoms with E-state index in [-0.39, 0.29) is 11.8 Å². The Morgan fingerprint density at radius 3 is 2.51 bits per heavy atom. The van der Waals surface area contributed by atoms with Gasteiger partial charge in [-0.05, 0) is 31.4 Å². The SMILES string of the molecule is CCOc1nc(N)c2nc(/C(C)=C/N=C\CF)n(Cc3ccc(CN4CC5CC4CN5C4COC4)cc3)c2n1. The maximum Gasteiger partial charge on any atom is 0.320 e. The van der Waals surface area contributed by atoms with Crippen LogP contribution in [0.1, 0.15) is 37.2 Å². The second-order valence-corrected chi connectivity index (χ2v) is 10.5. The number of hydrogen-bond acceptors (Lipinski definition) is 9. The van der Waals surface area contributed by atoms with E-state index >= 15 is 0 Å². The Hall–Kier alpha value is -3.41. The van der Waals surface area contributed by atoms with Gasteiger partial charge in [0, 0.05) is 49.7 Å². The zero-order chi connectivity index (χ0) is 26.9. The van der Waals surface area contributed by atoms with Gasteiger partial charge in [0.05, 0.1) is 32.4 Å². The van der Waals surface area contributed by atoms with Crippen molar-refractivity contribution in [1.29, 1.82) is 0 Å². The number of nitrogens with zero attached hydrogens (tertiary/aromatic N) is 7. The normalized spacial score (nSPS) is 22.4. The lowest BCUT2D eigenvalue weighted by Crippen LogP contribution is -2.56. The number of halogens is 1. The Morgan fingerprint density at radius 1 is 1.10 bits per heavy atom. The highest BCUT2D eigenvalue weighted by atomic mass is 19.1. The first-order chi connectivity index (χ1) is 19.0. The molecule has 206 valence electrons. The number of ether oxygens (including phenoxy) is 2. The number of rotatable bonds is 10. The van der Waals surface area contributed by atoms with Gasteiger partial charge in [0.1, 0.15) is 12.5 Å². The van der Waals surface area contributed by atoms with Crippen LogP contribution in [0.25, 0.3) is 16.7 Å². The third kappa shape index (κ3) is 5.13. The largest absolute Gasteiger partial charge is 0.464 e. The second kappa shape index (κ2) is 11.0. The van der Waals surface area contributed by atoms with Crippen LogP contribution in [-0.2, 0) is 17.8 Å². The summed E-state index contributed by atoms with van der Waals surface area (Å²) >= 11 is 0. The third-order valence-electron chi connectivity index (χ3n) is 7.91. The molecule has 3 aliphatic heterocycles. The number of hydrogen-bond donors (Lipinski definition) is 1. The number of allylic oxidation sites excluding steroid dienone is 1. The third-order valence-corrected chi connectivity index (χ3v) is 7.91.